The van der Waals surface area contributed by atoms with Gasteiger partial charge >= 0.3 is 0 Å². The van der Waals surface area contributed by atoms with E-state index in [1.165, 1.54) is 28.8 Å². The number of benzene rings is 3. The molecule has 0 fully saturated rings. The van der Waals surface area contributed by atoms with E-state index in [1.54, 1.807) is 0 Å². The van der Waals surface area contributed by atoms with Gasteiger partial charge in [-0.25, -0.2) is 4.39 Å². The molecule has 0 spiro atoms. The van der Waals surface area contributed by atoms with Crippen LogP contribution in [0, 0.1) is 5.82 Å². The summed E-state index contributed by atoms with van der Waals surface area (Å²) in [6, 6.07) is 23.6. The van der Waals surface area contributed by atoms with Crippen LogP contribution in [0.1, 0.15) is 25.3 Å². The fourth-order valence-corrected chi connectivity index (χ4v) is 2.66. The van der Waals surface area contributed by atoms with Crippen molar-refractivity contribution >= 4 is 0 Å². The molecule has 0 N–H and O–H groups in total. The largest absolute Gasteiger partial charge is 0.207 e. The van der Waals surface area contributed by atoms with Gasteiger partial charge in [0.1, 0.15) is 5.82 Å². The second-order valence-corrected chi connectivity index (χ2v) is 5.83. The Morgan fingerprint density at radius 1 is 0.682 bits per heavy atom. The van der Waals surface area contributed by atoms with Crippen LogP contribution in [0.5, 0.6) is 0 Å². The summed E-state index contributed by atoms with van der Waals surface area (Å²) in [5.74, 6) is 0.272. The lowest BCUT2D eigenvalue weighted by atomic mass is 9.90. The molecule has 0 aliphatic heterocycles. The zero-order chi connectivity index (χ0) is 15.5. The second-order valence-electron chi connectivity index (χ2n) is 5.83. The number of halogens is 1. The van der Waals surface area contributed by atoms with Crippen LogP contribution < -0.4 is 0 Å². The van der Waals surface area contributed by atoms with Crippen LogP contribution in [-0.4, -0.2) is 0 Å². The van der Waals surface area contributed by atoms with Crippen molar-refractivity contribution in [2.75, 3.05) is 0 Å². The first-order valence-corrected chi connectivity index (χ1v) is 7.60. The molecular weight excluding hydrogens is 271 g/mol. The van der Waals surface area contributed by atoms with Crippen molar-refractivity contribution in [3.8, 4) is 22.3 Å². The Hall–Kier alpha value is -2.41. The van der Waals surface area contributed by atoms with Crippen molar-refractivity contribution in [2.45, 2.75) is 19.8 Å². The number of hydrogen-bond acceptors (Lipinski definition) is 0. The lowest BCUT2D eigenvalue weighted by molar-refractivity contribution is 0.628. The molecule has 0 heterocycles. The SMILES string of the molecule is CC(C)c1ccc(-c2ccc(F)cc2)c(-c2ccccc2)c1. The van der Waals surface area contributed by atoms with Gasteiger partial charge in [0.05, 0.1) is 0 Å². The minimum atomic E-state index is -0.205. The van der Waals surface area contributed by atoms with Gasteiger partial charge in [-0.15, -0.1) is 0 Å². The Balaban J connectivity index is 2.19. The summed E-state index contributed by atoms with van der Waals surface area (Å²) in [6.07, 6.45) is 0. The fourth-order valence-electron chi connectivity index (χ4n) is 2.66. The molecule has 3 rings (SSSR count). The first-order chi connectivity index (χ1) is 10.6. The van der Waals surface area contributed by atoms with Gasteiger partial charge in [-0.3, -0.25) is 0 Å². The van der Waals surface area contributed by atoms with Crippen molar-refractivity contribution in [3.05, 3.63) is 84.2 Å². The minimum absolute atomic E-state index is 0.205. The maximum Gasteiger partial charge on any atom is 0.123 e. The monoisotopic (exact) mass is 290 g/mol. The molecule has 0 aliphatic carbocycles. The average Bonchev–Trinajstić information content (AvgIpc) is 2.56. The molecule has 0 unspecified atom stereocenters. The van der Waals surface area contributed by atoms with Gasteiger partial charge in [0.25, 0.3) is 0 Å². The standard InChI is InChI=1S/C21H19F/c1-15(2)18-10-13-20(17-8-11-19(22)12-9-17)21(14-18)16-6-4-3-5-7-16/h3-15H,1-2H3. The molecule has 0 atom stereocenters. The van der Waals surface area contributed by atoms with E-state index in [4.69, 9.17) is 0 Å². The molecule has 0 radical (unpaired) electrons. The van der Waals surface area contributed by atoms with Gasteiger partial charge in [-0.05, 0) is 45.9 Å². The van der Waals surface area contributed by atoms with E-state index in [1.807, 2.05) is 30.3 Å². The lowest BCUT2D eigenvalue weighted by Gasteiger charge is -2.14. The molecule has 0 bridgehead atoms. The highest BCUT2D eigenvalue weighted by Gasteiger charge is 2.10. The summed E-state index contributed by atoms with van der Waals surface area (Å²) in [7, 11) is 0. The third-order valence-corrected chi connectivity index (χ3v) is 3.95. The van der Waals surface area contributed by atoms with Crippen LogP contribution in [-0.2, 0) is 0 Å². The Labute approximate surface area is 131 Å². The van der Waals surface area contributed by atoms with Crippen LogP contribution in [0.15, 0.2) is 72.8 Å². The zero-order valence-electron chi connectivity index (χ0n) is 12.9. The van der Waals surface area contributed by atoms with Crippen molar-refractivity contribution in [3.63, 3.8) is 0 Å². The first-order valence-electron chi connectivity index (χ1n) is 7.60. The normalized spacial score (nSPS) is 10.9. The van der Waals surface area contributed by atoms with Gasteiger partial charge in [-0.1, -0.05) is 74.5 Å². The molecule has 110 valence electrons. The zero-order valence-corrected chi connectivity index (χ0v) is 12.9. The number of hydrogen-bond donors (Lipinski definition) is 0. The smallest absolute Gasteiger partial charge is 0.123 e. The van der Waals surface area contributed by atoms with E-state index in [-0.39, 0.29) is 5.82 Å². The summed E-state index contributed by atoms with van der Waals surface area (Å²) < 4.78 is 13.2. The number of rotatable bonds is 3. The third-order valence-electron chi connectivity index (χ3n) is 3.95. The molecule has 0 amide bonds. The van der Waals surface area contributed by atoms with Crippen molar-refractivity contribution < 1.29 is 4.39 Å². The molecule has 22 heavy (non-hydrogen) atoms. The predicted octanol–water partition coefficient (Wildman–Crippen LogP) is 6.28. The van der Waals surface area contributed by atoms with Crippen molar-refractivity contribution in [2.24, 2.45) is 0 Å². The van der Waals surface area contributed by atoms with Gasteiger partial charge in [0.15, 0.2) is 0 Å². The molecule has 0 aromatic heterocycles. The molecule has 1 heteroatoms. The fraction of sp³-hybridized carbons (Fsp3) is 0.143. The maximum atomic E-state index is 13.2. The predicted molar refractivity (Wildman–Crippen MR) is 91.4 cm³/mol. The highest BCUT2D eigenvalue weighted by Crippen LogP contribution is 2.34. The molecule has 3 aromatic rings. The molecule has 0 saturated carbocycles. The molecule has 0 nitrogen and oxygen atoms in total. The summed E-state index contributed by atoms with van der Waals surface area (Å²) in [5.41, 5.74) is 5.86. The minimum Gasteiger partial charge on any atom is -0.207 e. The van der Waals surface area contributed by atoms with Gasteiger partial charge in [0.2, 0.25) is 0 Å². The Kier molecular flexibility index (Phi) is 4.06. The lowest BCUT2D eigenvalue weighted by Crippen LogP contribution is -1.92. The Bertz CT molecular complexity index is 756. The van der Waals surface area contributed by atoms with E-state index in [9.17, 15) is 4.39 Å². The van der Waals surface area contributed by atoms with Crippen LogP contribution in [0.4, 0.5) is 4.39 Å². The molecule has 3 aromatic carbocycles. The van der Waals surface area contributed by atoms with Crippen LogP contribution in [0.25, 0.3) is 22.3 Å². The van der Waals surface area contributed by atoms with Crippen molar-refractivity contribution in [1.82, 2.24) is 0 Å². The Morgan fingerprint density at radius 3 is 1.95 bits per heavy atom. The topological polar surface area (TPSA) is 0 Å². The molecule has 0 aliphatic rings. The van der Waals surface area contributed by atoms with Crippen LogP contribution in [0.3, 0.4) is 0 Å². The van der Waals surface area contributed by atoms with E-state index in [0.29, 0.717) is 5.92 Å². The van der Waals surface area contributed by atoms with Crippen LogP contribution >= 0.6 is 0 Å². The van der Waals surface area contributed by atoms with Crippen LogP contribution in [0.2, 0.25) is 0 Å². The van der Waals surface area contributed by atoms with E-state index in [0.717, 1.165) is 11.1 Å². The summed E-state index contributed by atoms with van der Waals surface area (Å²) >= 11 is 0. The first kappa shape index (κ1) is 14.5. The highest BCUT2D eigenvalue weighted by molar-refractivity contribution is 5.84. The molecular formula is C21H19F. The average molecular weight is 290 g/mol. The maximum absolute atomic E-state index is 13.2. The third kappa shape index (κ3) is 2.94. The Morgan fingerprint density at radius 2 is 1.32 bits per heavy atom. The summed E-state index contributed by atoms with van der Waals surface area (Å²) in [6.45, 7) is 4.39. The van der Waals surface area contributed by atoms with Gasteiger partial charge < -0.3 is 0 Å². The van der Waals surface area contributed by atoms with Gasteiger partial charge in [-0.2, -0.15) is 0 Å². The summed E-state index contributed by atoms with van der Waals surface area (Å²) in [5, 5.41) is 0. The quantitative estimate of drug-likeness (QED) is 0.532. The van der Waals surface area contributed by atoms with E-state index in [2.05, 4.69) is 44.2 Å². The van der Waals surface area contributed by atoms with Crippen molar-refractivity contribution in [1.29, 1.82) is 0 Å². The van der Waals surface area contributed by atoms with E-state index >= 15 is 0 Å². The summed E-state index contributed by atoms with van der Waals surface area (Å²) in [4.78, 5) is 0. The second kappa shape index (κ2) is 6.15. The van der Waals surface area contributed by atoms with E-state index < -0.39 is 0 Å². The highest BCUT2D eigenvalue weighted by atomic mass is 19.1. The molecule has 0 saturated heterocycles. The van der Waals surface area contributed by atoms with Gasteiger partial charge in [0, 0.05) is 0 Å².